The normalized spacial score (nSPS) is 8.60. The Morgan fingerprint density at radius 1 is 1.80 bits per heavy atom. The molecule has 1 aromatic rings. The Morgan fingerprint density at radius 2 is 2.60 bits per heavy atom. The van der Waals surface area contributed by atoms with Crippen LogP contribution in [0.5, 0.6) is 0 Å². The Bertz CT molecular complexity index is 260. The average molecular weight is 327 g/mol. The fraction of sp³-hybridized carbons (Fsp3) is 0. The SMILES string of the molecule is [N-]=[N+]=Nc1nnnn1[O][Hg]. The van der Waals surface area contributed by atoms with E-state index in [1.807, 2.05) is 0 Å². The van der Waals surface area contributed by atoms with Gasteiger partial charge in [0.1, 0.15) is 0 Å². The van der Waals surface area contributed by atoms with Gasteiger partial charge in [-0.1, -0.05) is 0 Å². The third kappa shape index (κ3) is 1.34. The quantitative estimate of drug-likeness (QED) is 0.316. The van der Waals surface area contributed by atoms with Gasteiger partial charge in [-0.15, -0.1) is 0 Å². The first-order valence-electron chi connectivity index (χ1n) is 2.14. The van der Waals surface area contributed by atoms with E-state index in [0.29, 0.717) is 0 Å². The van der Waals surface area contributed by atoms with Gasteiger partial charge in [-0.2, -0.15) is 0 Å². The molecule has 9 heteroatoms. The van der Waals surface area contributed by atoms with Gasteiger partial charge in [-0.25, -0.2) is 0 Å². The second-order valence-corrected chi connectivity index (χ2v) is 2.17. The number of hydrogen-bond donors (Lipinski definition) is 0. The fourth-order valence-corrected chi connectivity index (χ4v) is 1.01. The second kappa shape index (κ2) is 3.33. The van der Waals surface area contributed by atoms with Crippen LogP contribution in [0.1, 0.15) is 0 Å². The summed E-state index contributed by atoms with van der Waals surface area (Å²) in [5.41, 5.74) is 7.97. The summed E-state index contributed by atoms with van der Waals surface area (Å²) in [6.45, 7) is 0. The molecule has 0 atom stereocenters. The van der Waals surface area contributed by atoms with E-state index in [1.165, 1.54) is 0 Å². The molecular formula is CHgN7O. The average Bonchev–Trinajstić information content (AvgIpc) is 2.36. The van der Waals surface area contributed by atoms with E-state index in [-0.39, 0.29) is 32.5 Å². The van der Waals surface area contributed by atoms with Gasteiger partial charge in [0.2, 0.25) is 0 Å². The molecule has 0 saturated carbocycles. The van der Waals surface area contributed by atoms with Crippen LogP contribution in [0.3, 0.4) is 0 Å². The molecule has 0 fully saturated rings. The predicted molar refractivity (Wildman–Crippen MR) is 23.2 cm³/mol. The van der Waals surface area contributed by atoms with Gasteiger partial charge in [0.05, 0.1) is 0 Å². The number of aromatic nitrogens is 4. The number of hydrogen-bond acceptors (Lipinski definition) is 5. The molecule has 0 unspecified atom stereocenters. The first kappa shape index (κ1) is 7.22. The van der Waals surface area contributed by atoms with Gasteiger partial charge in [0.15, 0.2) is 0 Å². The topological polar surface area (TPSA) is 102 Å². The number of tetrazole rings is 1. The van der Waals surface area contributed by atoms with Crippen molar-refractivity contribution in [2.45, 2.75) is 0 Å². The summed E-state index contributed by atoms with van der Waals surface area (Å²) >= 11 is 0.0672. The molecule has 1 rings (SSSR count). The van der Waals surface area contributed by atoms with Gasteiger partial charge in [0, 0.05) is 0 Å². The van der Waals surface area contributed by atoms with Crippen LogP contribution in [0.15, 0.2) is 5.11 Å². The number of nitrogens with zero attached hydrogens (tertiary/aromatic N) is 7. The molecule has 1 aromatic heterocycles. The Hall–Kier alpha value is -0.885. The van der Waals surface area contributed by atoms with Crippen LogP contribution in [0.2, 0.25) is 0 Å². The summed E-state index contributed by atoms with van der Waals surface area (Å²) < 4.78 is 4.75. The van der Waals surface area contributed by atoms with Crippen molar-refractivity contribution in [2.75, 3.05) is 0 Å². The summed E-state index contributed by atoms with van der Waals surface area (Å²) in [6, 6.07) is 0. The monoisotopic (exact) mass is 328 g/mol. The Labute approximate surface area is 71.4 Å². The molecule has 8 nitrogen and oxygen atoms in total. The molecule has 0 aliphatic rings. The van der Waals surface area contributed by atoms with E-state index in [0.717, 1.165) is 4.85 Å². The Balaban J connectivity index is 3.00. The predicted octanol–water partition coefficient (Wildman–Crippen LogP) is -0.495. The standard InChI is InChI=1S/CN7O.Hg/c2-5-3-1-4-6-7-8(1)9;/q-1;+1. The minimum atomic E-state index is 0.0255. The molecule has 10 heavy (non-hydrogen) atoms. The van der Waals surface area contributed by atoms with Crippen LogP contribution in [-0.4, -0.2) is 20.4 Å². The van der Waals surface area contributed by atoms with Crippen molar-refractivity contribution in [3.8, 4) is 0 Å². The third-order valence-electron chi connectivity index (χ3n) is 0.683. The van der Waals surface area contributed by atoms with Crippen LogP contribution in [0, 0.1) is 0 Å². The molecule has 0 aromatic carbocycles. The van der Waals surface area contributed by atoms with Crippen LogP contribution in [-0.2, 0) is 26.6 Å². The summed E-state index contributed by atoms with van der Waals surface area (Å²) in [5, 5.41) is 13.1. The van der Waals surface area contributed by atoms with Crippen molar-refractivity contribution in [1.29, 1.82) is 0 Å². The van der Waals surface area contributed by atoms with E-state index < -0.39 is 0 Å². The molecule has 0 spiro atoms. The molecule has 47 valence electrons. The van der Waals surface area contributed by atoms with Crippen molar-refractivity contribution in [3.05, 3.63) is 10.4 Å². The van der Waals surface area contributed by atoms with Crippen molar-refractivity contribution in [3.63, 3.8) is 0 Å². The maximum atomic E-state index is 7.97. The molecule has 0 radical (unpaired) electrons. The van der Waals surface area contributed by atoms with E-state index in [2.05, 4.69) is 25.6 Å². The Morgan fingerprint density at radius 3 is 3.20 bits per heavy atom. The molecule has 0 saturated heterocycles. The van der Waals surface area contributed by atoms with Gasteiger partial charge in [-0.05, 0) is 0 Å². The van der Waals surface area contributed by atoms with Crippen LogP contribution in [0.25, 0.3) is 10.4 Å². The molecular weight excluding hydrogens is 327 g/mol. The molecule has 0 N–H and O–H groups in total. The number of rotatable bonds is 2. The summed E-state index contributed by atoms with van der Waals surface area (Å²) in [7, 11) is 0. The third-order valence-corrected chi connectivity index (χ3v) is 1.63. The van der Waals surface area contributed by atoms with Gasteiger partial charge in [-0.3, -0.25) is 0 Å². The molecule has 0 bridgehead atoms. The van der Waals surface area contributed by atoms with Crippen LogP contribution in [0.4, 0.5) is 5.95 Å². The number of azide groups is 1. The van der Waals surface area contributed by atoms with E-state index in [4.69, 9.17) is 8.28 Å². The van der Waals surface area contributed by atoms with Gasteiger partial charge >= 0.3 is 71.2 Å². The molecule has 0 amide bonds. The molecule has 0 aliphatic heterocycles. The summed E-state index contributed by atoms with van der Waals surface area (Å²) in [6.07, 6.45) is 0. The van der Waals surface area contributed by atoms with E-state index in [1.54, 1.807) is 0 Å². The zero-order chi connectivity index (χ0) is 7.40. The first-order valence-corrected chi connectivity index (χ1v) is 4.39. The van der Waals surface area contributed by atoms with Crippen LogP contribution < -0.4 is 2.75 Å². The second-order valence-electron chi connectivity index (χ2n) is 1.17. The maximum absolute atomic E-state index is 7.97. The summed E-state index contributed by atoms with van der Waals surface area (Å²) in [5.74, 6) is 0.0255. The van der Waals surface area contributed by atoms with Crippen molar-refractivity contribution in [1.82, 2.24) is 20.4 Å². The zero-order valence-electron chi connectivity index (χ0n) is 4.75. The van der Waals surface area contributed by atoms with Crippen molar-refractivity contribution < 1.29 is 29.3 Å². The first-order chi connectivity index (χ1) is 4.88. The van der Waals surface area contributed by atoms with Crippen molar-refractivity contribution in [2.24, 2.45) is 5.11 Å². The van der Waals surface area contributed by atoms with Gasteiger partial charge < -0.3 is 0 Å². The Kier molecular flexibility index (Phi) is 2.40. The van der Waals surface area contributed by atoms with Crippen LogP contribution >= 0.6 is 0 Å². The minimum absolute atomic E-state index is 0.0255. The fourth-order valence-electron chi connectivity index (χ4n) is 0.356. The van der Waals surface area contributed by atoms with E-state index in [9.17, 15) is 0 Å². The van der Waals surface area contributed by atoms with Gasteiger partial charge in [0.25, 0.3) is 0 Å². The van der Waals surface area contributed by atoms with Crippen molar-refractivity contribution >= 4 is 5.95 Å². The molecule has 0 aliphatic carbocycles. The van der Waals surface area contributed by atoms with E-state index >= 15 is 0 Å². The summed E-state index contributed by atoms with van der Waals surface area (Å²) in [4.78, 5) is 3.48. The zero-order valence-corrected chi connectivity index (χ0v) is 10.2. The molecule has 1 heterocycles.